The minimum Gasteiger partial charge on any atom is -0.377 e. The summed E-state index contributed by atoms with van der Waals surface area (Å²) in [6.45, 7) is 1.18. The number of aryl methyl sites for hydroxylation is 1. The van der Waals surface area contributed by atoms with Crippen molar-refractivity contribution in [3.63, 3.8) is 0 Å². The van der Waals surface area contributed by atoms with E-state index in [9.17, 15) is 9.18 Å². The standard InChI is InChI=1S/C22H23FN4O2/c1-29-14-21-26-25-20-11-10-17(12-13-27(20)21)24-22(28)16-8-6-15(7-9-16)18-4-2-3-5-19(18)23/h2-9,17H,10-14H2,1H3,(H,24,28). The van der Waals surface area contributed by atoms with Gasteiger partial charge in [-0.1, -0.05) is 30.3 Å². The third kappa shape index (κ3) is 4.19. The summed E-state index contributed by atoms with van der Waals surface area (Å²) in [6, 6.07) is 13.7. The largest absolute Gasteiger partial charge is 0.377 e. The first-order valence-corrected chi connectivity index (χ1v) is 9.71. The number of ether oxygens (including phenoxy) is 1. The van der Waals surface area contributed by atoms with Crippen LogP contribution in [0.5, 0.6) is 0 Å². The number of hydrogen-bond acceptors (Lipinski definition) is 4. The highest BCUT2D eigenvalue weighted by molar-refractivity contribution is 5.94. The fourth-order valence-electron chi connectivity index (χ4n) is 3.69. The molecule has 1 aromatic heterocycles. The molecule has 0 radical (unpaired) electrons. The van der Waals surface area contributed by atoms with Gasteiger partial charge in [-0.2, -0.15) is 0 Å². The average molecular weight is 394 g/mol. The Bertz CT molecular complexity index is 1000. The summed E-state index contributed by atoms with van der Waals surface area (Å²) < 4.78 is 21.2. The van der Waals surface area contributed by atoms with Crippen LogP contribution in [0.15, 0.2) is 48.5 Å². The van der Waals surface area contributed by atoms with E-state index in [1.807, 2.05) is 0 Å². The summed E-state index contributed by atoms with van der Waals surface area (Å²) in [5.74, 6) is 1.36. The number of amides is 1. The zero-order valence-corrected chi connectivity index (χ0v) is 16.3. The third-order valence-corrected chi connectivity index (χ3v) is 5.26. The molecule has 150 valence electrons. The molecule has 2 aromatic carbocycles. The van der Waals surface area contributed by atoms with Gasteiger partial charge in [-0.25, -0.2) is 4.39 Å². The number of aromatic nitrogens is 3. The average Bonchev–Trinajstić information content (AvgIpc) is 3.00. The summed E-state index contributed by atoms with van der Waals surface area (Å²) >= 11 is 0. The summed E-state index contributed by atoms with van der Waals surface area (Å²) in [5.41, 5.74) is 1.84. The zero-order chi connectivity index (χ0) is 20.2. The first kappa shape index (κ1) is 19.3. The summed E-state index contributed by atoms with van der Waals surface area (Å²) in [6.07, 6.45) is 2.37. The van der Waals surface area contributed by atoms with Gasteiger partial charge in [0.05, 0.1) is 0 Å². The Hall–Kier alpha value is -3.06. The second-order valence-corrected chi connectivity index (χ2v) is 7.17. The van der Waals surface area contributed by atoms with Gasteiger partial charge < -0.3 is 14.6 Å². The minimum absolute atomic E-state index is 0.0610. The lowest BCUT2D eigenvalue weighted by atomic mass is 10.0. The molecule has 1 atom stereocenters. The first-order valence-electron chi connectivity index (χ1n) is 9.71. The van der Waals surface area contributed by atoms with E-state index >= 15 is 0 Å². The first-order chi connectivity index (χ1) is 14.2. The van der Waals surface area contributed by atoms with Crippen molar-refractivity contribution in [2.24, 2.45) is 0 Å². The van der Waals surface area contributed by atoms with E-state index in [-0.39, 0.29) is 17.8 Å². The van der Waals surface area contributed by atoms with Gasteiger partial charge in [0, 0.05) is 37.2 Å². The molecular formula is C22H23FN4O2. The van der Waals surface area contributed by atoms with Crippen LogP contribution in [-0.2, 0) is 24.3 Å². The van der Waals surface area contributed by atoms with Crippen LogP contribution in [0.2, 0.25) is 0 Å². The number of carbonyl (C=O) groups is 1. The van der Waals surface area contributed by atoms with Crippen LogP contribution in [-0.4, -0.2) is 33.8 Å². The van der Waals surface area contributed by atoms with Crippen LogP contribution in [0, 0.1) is 5.82 Å². The number of benzene rings is 2. The van der Waals surface area contributed by atoms with E-state index in [0.29, 0.717) is 17.7 Å². The van der Waals surface area contributed by atoms with E-state index in [4.69, 9.17) is 4.74 Å². The number of hydrogen-bond donors (Lipinski definition) is 1. The van der Waals surface area contributed by atoms with Crippen molar-refractivity contribution in [1.29, 1.82) is 0 Å². The lowest BCUT2D eigenvalue weighted by Gasteiger charge is -2.16. The molecule has 3 aromatic rings. The molecule has 0 fully saturated rings. The van der Waals surface area contributed by atoms with Gasteiger partial charge in [0.2, 0.25) is 0 Å². The Balaban J connectivity index is 1.40. The van der Waals surface area contributed by atoms with Crippen LogP contribution in [0.4, 0.5) is 4.39 Å². The van der Waals surface area contributed by atoms with Crippen LogP contribution in [0.3, 0.4) is 0 Å². The van der Waals surface area contributed by atoms with Crippen LogP contribution in [0.25, 0.3) is 11.1 Å². The maximum atomic E-state index is 13.9. The Kier molecular flexibility index (Phi) is 5.67. The molecular weight excluding hydrogens is 371 g/mol. The number of carbonyl (C=O) groups excluding carboxylic acids is 1. The fraction of sp³-hybridized carbons (Fsp3) is 0.318. The molecule has 1 aliphatic heterocycles. The van der Waals surface area contributed by atoms with Gasteiger partial charge in [-0.05, 0) is 36.6 Å². The molecule has 7 heteroatoms. The second kappa shape index (κ2) is 8.53. The van der Waals surface area contributed by atoms with Crippen molar-refractivity contribution in [2.75, 3.05) is 7.11 Å². The van der Waals surface area contributed by atoms with Crippen molar-refractivity contribution in [1.82, 2.24) is 20.1 Å². The van der Waals surface area contributed by atoms with Crippen molar-refractivity contribution >= 4 is 5.91 Å². The minimum atomic E-state index is -0.275. The summed E-state index contributed by atoms with van der Waals surface area (Å²) in [7, 11) is 1.64. The van der Waals surface area contributed by atoms with Gasteiger partial charge in [0.15, 0.2) is 5.82 Å². The van der Waals surface area contributed by atoms with Crippen molar-refractivity contribution in [3.05, 3.63) is 71.6 Å². The topological polar surface area (TPSA) is 69.0 Å². The number of methoxy groups -OCH3 is 1. The highest BCUT2D eigenvalue weighted by Gasteiger charge is 2.22. The van der Waals surface area contributed by atoms with Gasteiger partial charge in [-0.3, -0.25) is 4.79 Å². The molecule has 1 aliphatic rings. The predicted molar refractivity (Wildman–Crippen MR) is 107 cm³/mol. The zero-order valence-electron chi connectivity index (χ0n) is 16.3. The summed E-state index contributed by atoms with van der Waals surface area (Å²) in [4.78, 5) is 12.7. The molecule has 4 rings (SSSR count). The highest BCUT2D eigenvalue weighted by Crippen LogP contribution is 2.23. The lowest BCUT2D eigenvalue weighted by Crippen LogP contribution is -2.35. The monoisotopic (exact) mass is 394 g/mol. The molecule has 29 heavy (non-hydrogen) atoms. The lowest BCUT2D eigenvalue weighted by molar-refractivity contribution is 0.0932. The molecule has 0 spiro atoms. The highest BCUT2D eigenvalue weighted by atomic mass is 19.1. The maximum absolute atomic E-state index is 13.9. The number of halogens is 1. The van der Waals surface area contributed by atoms with Crippen LogP contribution >= 0.6 is 0 Å². The Morgan fingerprint density at radius 2 is 1.97 bits per heavy atom. The Morgan fingerprint density at radius 1 is 1.17 bits per heavy atom. The van der Waals surface area contributed by atoms with Crippen molar-refractivity contribution in [3.8, 4) is 11.1 Å². The number of fused-ring (bicyclic) bond motifs is 1. The fourth-order valence-corrected chi connectivity index (χ4v) is 3.69. The molecule has 0 aliphatic carbocycles. The molecule has 0 saturated carbocycles. The quantitative estimate of drug-likeness (QED) is 0.720. The molecule has 1 amide bonds. The SMILES string of the molecule is COCc1nnc2n1CCC(NC(=O)c1ccc(-c3ccccc3F)cc1)CC2. The Morgan fingerprint density at radius 3 is 2.72 bits per heavy atom. The predicted octanol–water partition coefficient (Wildman–Crippen LogP) is 3.37. The van der Waals surface area contributed by atoms with Crippen LogP contribution < -0.4 is 5.32 Å². The smallest absolute Gasteiger partial charge is 0.251 e. The van der Waals surface area contributed by atoms with E-state index < -0.39 is 0 Å². The second-order valence-electron chi connectivity index (χ2n) is 7.17. The molecule has 1 unspecified atom stereocenters. The molecule has 2 heterocycles. The van der Waals surface area contributed by atoms with E-state index in [2.05, 4.69) is 20.1 Å². The maximum Gasteiger partial charge on any atom is 0.251 e. The van der Waals surface area contributed by atoms with Gasteiger partial charge in [-0.15, -0.1) is 10.2 Å². The van der Waals surface area contributed by atoms with Gasteiger partial charge in [0.1, 0.15) is 18.2 Å². The van der Waals surface area contributed by atoms with E-state index in [1.54, 1.807) is 49.6 Å². The molecule has 1 N–H and O–H groups in total. The molecule has 0 saturated heterocycles. The number of nitrogens with zero attached hydrogens (tertiary/aromatic N) is 3. The van der Waals surface area contributed by atoms with Crippen LogP contribution in [0.1, 0.15) is 34.8 Å². The van der Waals surface area contributed by atoms with Crippen molar-refractivity contribution < 1.29 is 13.9 Å². The van der Waals surface area contributed by atoms with Gasteiger partial charge in [0.25, 0.3) is 5.91 Å². The Labute approximate surface area is 168 Å². The van der Waals surface area contributed by atoms with Gasteiger partial charge >= 0.3 is 0 Å². The molecule has 0 bridgehead atoms. The normalized spacial score (nSPS) is 16.1. The van der Waals surface area contributed by atoms with E-state index in [1.165, 1.54) is 6.07 Å². The number of rotatable bonds is 5. The van der Waals surface area contributed by atoms with E-state index in [0.717, 1.165) is 43.0 Å². The molecule has 6 nitrogen and oxygen atoms in total. The third-order valence-electron chi connectivity index (χ3n) is 5.26. The summed E-state index contributed by atoms with van der Waals surface area (Å²) in [5, 5.41) is 11.5. The van der Waals surface area contributed by atoms with Crippen molar-refractivity contribution in [2.45, 2.75) is 38.5 Å². The number of nitrogens with one attached hydrogen (secondary N) is 1.